The van der Waals surface area contributed by atoms with E-state index in [1.54, 1.807) is 30.2 Å². The van der Waals surface area contributed by atoms with Crippen molar-refractivity contribution in [1.82, 2.24) is 29.8 Å². The molecule has 1 fully saturated rings. The lowest BCUT2D eigenvalue weighted by Crippen LogP contribution is -2.12. The molecule has 154 valence electrons. The highest BCUT2D eigenvalue weighted by Crippen LogP contribution is 2.36. The zero-order chi connectivity index (χ0) is 20.3. The van der Waals surface area contributed by atoms with Gasteiger partial charge in [-0.3, -0.25) is 10.1 Å². The molecule has 30 heavy (non-hydrogen) atoms. The van der Waals surface area contributed by atoms with E-state index in [0.717, 1.165) is 47.7 Å². The topological polar surface area (TPSA) is 102 Å². The molecule has 0 spiro atoms. The molecule has 0 radical (unpaired) electrons. The summed E-state index contributed by atoms with van der Waals surface area (Å²) in [5, 5.41) is 15.4. The van der Waals surface area contributed by atoms with E-state index in [1.807, 2.05) is 24.4 Å². The van der Waals surface area contributed by atoms with Gasteiger partial charge in [0.15, 0.2) is 11.6 Å². The Morgan fingerprint density at radius 1 is 1.27 bits per heavy atom. The number of anilines is 2. The predicted molar refractivity (Wildman–Crippen MR) is 111 cm³/mol. The van der Waals surface area contributed by atoms with Gasteiger partial charge in [-0.15, -0.1) is 0 Å². The molecular formula is C21H23N7O2. The molecule has 0 aliphatic heterocycles. The standard InChI is InChI=1S/C21H23N7O2/c1-29-13-15-10-19-21(23-7-8-28(19)27-15)24-20-11-18(25-26-20)14-4-5-16(9-14)30-17-3-2-6-22-12-17/h2-3,6-8,10-12,14,16H,4-5,9,13H2,1H3,(H2,23,24,25,26)/t14-,16+/m1/s1. The molecule has 0 amide bonds. The Hall–Kier alpha value is -3.46. The summed E-state index contributed by atoms with van der Waals surface area (Å²) < 4.78 is 13.0. The van der Waals surface area contributed by atoms with Gasteiger partial charge in [-0.05, 0) is 37.5 Å². The van der Waals surface area contributed by atoms with E-state index in [-0.39, 0.29) is 6.10 Å². The highest BCUT2D eigenvalue weighted by molar-refractivity contribution is 5.72. The monoisotopic (exact) mass is 405 g/mol. The van der Waals surface area contributed by atoms with Gasteiger partial charge in [-0.1, -0.05) is 0 Å². The molecule has 4 heterocycles. The zero-order valence-electron chi connectivity index (χ0n) is 16.7. The maximum absolute atomic E-state index is 6.06. The second-order valence-corrected chi connectivity index (χ2v) is 7.45. The summed E-state index contributed by atoms with van der Waals surface area (Å²) in [5.74, 6) is 2.65. The second kappa shape index (κ2) is 8.11. The molecule has 9 nitrogen and oxygen atoms in total. The molecule has 9 heteroatoms. The first-order valence-corrected chi connectivity index (χ1v) is 9.99. The number of pyridine rings is 1. The van der Waals surface area contributed by atoms with Crippen LogP contribution < -0.4 is 10.1 Å². The van der Waals surface area contributed by atoms with Crippen molar-refractivity contribution in [2.45, 2.75) is 37.9 Å². The van der Waals surface area contributed by atoms with Crippen molar-refractivity contribution in [3.8, 4) is 5.75 Å². The summed E-state index contributed by atoms with van der Waals surface area (Å²) in [5.41, 5.74) is 2.83. The van der Waals surface area contributed by atoms with Crippen LogP contribution in [-0.4, -0.2) is 43.0 Å². The van der Waals surface area contributed by atoms with Crippen LogP contribution in [0.3, 0.4) is 0 Å². The Kier molecular flexibility index (Phi) is 5.02. The first kappa shape index (κ1) is 18.6. The zero-order valence-corrected chi connectivity index (χ0v) is 16.7. The number of fused-ring (bicyclic) bond motifs is 1. The van der Waals surface area contributed by atoms with Crippen LogP contribution in [0.5, 0.6) is 5.75 Å². The average Bonchev–Trinajstić information content (AvgIpc) is 3.49. The van der Waals surface area contributed by atoms with Crippen LogP contribution in [0.2, 0.25) is 0 Å². The second-order valence-electron chi connectivity index (χ2n) is 7.45. The van der Waals surface area contributed by atoms with Gasteiger partial charge in [-0.2, -0.15) is 10.2 Å². The van der Waals surface area contributed by atoms with Gasteiger partial charge in [-0.25, -0.2) is 9.50 Å². The van der Waals surface area contributed by atoms with Crippen molar-refractivity contribution in [2.24, 2.45) is 0 Å². The molecule has 0 aromatic carbocycles. The van der Waals surface area contributed by atoms with Gasteiger partial charge >= 0.3 is 0 Å². The number of aromatic nitrogens is 6. The van der Waals surface area contributed by atoms with Crippen molar-refractivity contribution < 1.29 is 9.47 Å². The summed E-state index contributed by atoms with van der Waals surface area (Å²) >= 11 is 0. The van der Waals surface area contributed by atoms with Crippen molar-refractivity contribution in [3.63, 3.8) is 0 Å². The lowest BCUT2D eigenvalue weighted by Gasteiger charge is -2.13. The van der Waals surface area contributed by atoms with Crippen LogP contribution in [0, 0.1) is 0 Å². The van der Waals surface area contributed by atoms with Crippen molar-refractivity contribution in [2.75, 3.05) is 12.4 Å². The molecule has 0 unspecified atom stereocenters. The third-order valence-electron chi connectivity index (χ3n) is 5.34. The number of rotatable bonds is 7. The lowest BCUT2D eigenvalue weighted by atomic mass is 10.0. The van der Waals surface area contributed by atoms with E-state index < -0.39 is 0 Å². The first-order valence-electron chi connectivity index (χ1n) is 9.99. The third kappa shape index (κ3) is 3.84. The molecule has 0 bridgehead atoms. The average molecular weight is 405 g/mol. The number of hydrogen-bond donors (Lipinski definition) is 2. The summed E-state index contributed by atoms with van der Waals surface area (Å²) in [6.07, 6.45) is 10.3. The first-order chi connectivity index (χ1) is 14.8. The van der Waals surface area contributed by atoms with E-state index in [2.05, 4.69) is 36.6 Å². The Balaban J connectivity index is 1.27. The number of H-pyrrole nitrogens is 1. The van der Waals surface area contributed by atoms with Gasteiger partial charge in [0, 0.05) is 43.4 Å². The molecule has 0 saturated heterocycles. The molecule has 1 aliphatic rings. The minimum Gasteiger partial charge on any atom is -0.489 e. The molecule has 4 aromatic rings. The van der Waals surface area contributed by atoms with E-state index in [9.17, 15) is 0 Å². The quantitative estimate of drug-likeness (QED) is 0.485. The molecule has 2 N–H and O–H groups in total. The van der Waals surface area contributed by atoms with Gasteiger partial charge in [0.2, 0.25) is 0 Å². The van der Waals surface area contributed by atoms with E-state index in [1.165, 1.54) is 0 Å². The molecular weight excluding hydrogens is 382 g/mol. The molecule has 1 aliphatic carbocycles. The number of hydrogen-bond acceptors (Lipinski definition) is 7. The number of nitrogens with one attached hydrogen (secondary N) is 2. The summed E-state index contributed by atoms with van der Waals surface area (Å²) in [4.78, 5) is 8.56. The fraction of sp³-hybridized carbons (Fsp3) is 0.333. The maximum Gasteiger partial charge on any atom is 0.157 e. The Morgan fingerprint density at radius 3 is 3.10 bits per heavy atom. The lowest BCUT2D eigenvalue weighted by molar-refractivity contribution is 0.181. The fourth-order valence-corrected chi connectivity index (χ4v) is 3.96. The van der Waals surface area contributed by atoms with Crippen molar-refractivity contribution >= 4 is 17.2 Å². The maximum atomic E-state index is 6.06. The van der Waals surface area contributed by atoms with Gasteiger partial charge < -0.3 is 14.8 Å². The summed E-state index contributed by atoms with van der Waals surface area (Å²) in [7, 11) is 1.65. The van der Waals surface area contributed by atoms with E-state index in [0.29, 0.717) is 18.3 Å². The van der Waals surface area contributed by atoms with Crippen LogP contribution in [0.25, 0.3) is 5.52 Å². The van der Waals surface area contributed by atoms with Crippen LogP contribution in [-0.2, 0) is 11.3 Å². The summed E-state index contributed by atoms with van der Waals surface area (Å²) in [6.45, 7) is 0.456. The number of aromatic amines is 1. The smallest absolute Gasteiger partial charge is 0.157 e. The molecule has 2 atom stereocenters. The fourth-order valence-electron chi connectivity index (χ4n) is 3.96. The number of methoxy groups -OCH3 is 1. The van der Waals surface area contributed by atoms with Crippen LogP contribution in [0.15, 0.2) is 49.1 Å². The molecule has 5 rings (SSSR count). The van der Waals surface area contributed by atoms with Crippen LogP contribution >= 0.6 is 0 Å². The SMILES string of the molecule is COCc1cc2c(Nc3cc([C@@H]4CC[C@H](Oc5cccnc5)C4)[nH]n3)nccn2n1. The Bertz CT molecular complexity index is 1120. The minimum atomic E-state index is 0.195. The largest absolute Gasteiger partial charge is 0.489 e. The normalized spacial score (nSPS) is 18.7. The Morgan fingerprint density at radius 2 is 2.23 bits per heavy atom. The third-order valence-corrected chi connectivity index (χ3v) is 5.34. The van der Waals surface area contributed by atoms with Crippen molar-refractivity contribution in [1.29, 1.82) is 0 Å². The predicted octanol–water partition coefficient (Wildman–Crippen LogP) is 3.45. The van der Waals surface area contributed by atoms with Crippen molar-refractivity contribution in [3.05, 3.63) is 60.4 Å². The van der Waals surface area contributed by atoms with E-state index >= 15 is 0 Å². The minimum absolute atomic E-state index is 0.195. The highest BCUT2D eigenvalue weighted by atomic mass is 16.5. The highest BCUT2D eigenvalue weighted by Gasteiger charge is 2.28. The van der Waals surface area contributed by atoms with Gasteiger partial charge in [0.05, 0.1) is 24.6 Å². The van der Waals surface area contributed by atoms with Gasteiger partial charge in [0.25, 0.3) is 0 Å². The van der Waals surface area contributed by atoms with Crippen LogP contribution in [0.4, 0.5) is 11.6 Å². The van der Waals surface area contributed by atoms with E-state index in [4.69, 9.17) is 9.47 Å². The number of nitrogens with zero attached hydrogens (tertiary/aromatic N) is 5. The summed E-state index contributed by atoms with van der Waals surface area (Å²) in [6, 6.07) is 7.85. The Labute approximate surface area is 173 Å². The van der Waals surface area contributed by atoms with Crippen LogP contribution in [0.1, 0.15) is 36.6 Å². The molecule has 4 aromatic heterocycles. The van der Waals surface area contributed by atoms with Gasteiger partial charge in [0.1, 0.15) is 11.3 Å². The molecule has 1 saturated carbocycles. The number of ether oxygens (including phenoxy) is 2.